The molecule has 1 aromatic carbocycles. The molecule has 1 aromatic rings. The van der Waals surface area contributed by atoms with Crippen molar-refractivity contribution in [1.29, 1.82) is 0 Å². The number of hydrogen-bond donors (Lipinski definition) is 0. The number of anilines is 1. The fourth-order valence-electron chi connectivity index (χ4n) is 3.39. The third kappa shape index (κ3) is 3.31. The van der Waals surface area contributed by atoms with Gasteiger partial charge >= 0.3 is 0 Å². The molecule has 1 aliphatic heterocycles. The van der Waals surface area contributed by atoms with Crippen LogP contribution in [0.5, 0.6) is 0 Å². The fourth-order valence-corrected chi connectivity index (χ4v) is 3.39. The second-order valence-electron chi connectivity index (χ2n) is 6.80. The van der Waals surface area contributed by atoms with Crippen LogP contribution in [-0.2, 0) is 15.0 Å². The summed E-state index contributed by atoms with van der Waals surface area (Å²) >= 11 is 0. The summed E-state index contributed by atoms with van der Waals surface area (Å²) in [7, 11) is 0. The summed E-state index contributed by atoms with van der Waals surface area (Å²) in [6.45, 7) is 3.57. The lowest BCUT2D eigenvalue weighted by molar-refractivity contribution is -0.419. The first kappa shape index (κ1) is 18.3. The van der Waals surface area contributed by atoms with E-state index in [0.29, 0.717) is 5.70 Å². The maximum Gasteiger partial charge on any atom is 0.270 e. The van der Waals surface area contributed by atoms with Crippen molar-refractivity contribution in [1.82, 2.24) is 0 Å². The predicted octanol–water partition coefficient (Wildman–Crippen LogP) is 1.64. The molecule has 0 atom stereocenters. The van der Waals surface area contributed by atoms with Gasteiger partial charge in [-0.3, -0.25) is 14.9 Å². The van der Waals surface area contributed by atoms with Gasteiger partial charge in [-0.25, -0.2) is 0 Å². The number of aliphatic carboxylic acids is 1. The molecule has 3 rings (SSSR count). The highest BCUT2D eigenvalue weighted by Crippen LogP contribution is 2.47. The minimum atomic E-state index is -1.23. The number of ketones is 1. The Morgan fingerprint density at radius 3 is 2.59 bits per heavy atom. The topological polar surface area (TPSA) is 104 Å². The molecule has 0 fully saturated rings. The first-order valence-corrected chi connectivity index (χ1v) is 8.29. The molecular formula is C20H17N2O5-. The Morgan fingerprint density at radius 1 is 1.22 bits per heavy atom. The number of allylic oxidation sites excluding steroid dienone is 7. The fraction of sp³-hybridized carbons (Fsp3) is 0.200. The number of carboxylic acids is 1. The molecule has 0 N–H and O–H groups in total. The number of nitro groups is 1. The average Bonchev–Trinajstić information content (AvgIpc) is 2.81. The first-order chi connectivity index (χ1) is 12.7. The van der Waals surface area contributed by atoms with Crippen LogP contribution in [0, 0.1) is 10.1 Å². The molecule has 0 bridgehead atoms. The van der Waals surface area contributed by atoms with E-state index in [1.54, 1.807) is 11.0 Å². The largest absolute Gasteiger partial charge is 0.548 e. The Labute approximate surface area is 155 Å². The summed E-state index contributed by atoms with van der Waals surface area (Å²) in [5.41, 5.74) is 1.85. The van der Waals surface area contributed by atoms with Gasteiger partial charge in [0.05, 0.1) is 17.4 Å². The van der Waals surface area contributed by atoms with Crippen LogP contribution in [0.15, 0.2) is 71.6 Å². The number of carbonyl (C=O) groups is 2. The summed E-state index contributed by atoms with van der Waals surface area (Å²) in [6.07, 6.45) is 6.64. The summed E-state index contributed by atoms with van der Waals surface area (Å²) in [5, 5.41) is 22.2. The lowest BCUT2D eigenvalue weighted by atomic mass is 9.83. The number of fused-ring (bicyclic) bond motifs is 1. The molecule has 0 saturated heterocycles. The summed E-state index contributed by atoms with van der Waals surface area (Å²) in [4.78, 5) is 35.3. The Balaban J connectivity index is 2.08. The van der Waals surface area contributed by atoms with Crippen molar-refractivity contribution in [2.75, 3.05) is 11.4 Å². The summed E-state index contributed by atoms with van der Waals surface area (Å²) < 4.78 is 0. The molecule has 138 valence electrons. The lowest BCUT2D eigenvalue weighted by Crippen LogP contribution is -2.38. The van der Waals surface area contributed by atoms with Crippen molar-refractivity contribution < 1.29 is 19.6 Å². The van der Waals surface area contributed by atoms with Gasteiger partial charge in [0.25, 0.3) is 5.70 Å². The van der Waals surface area contributed by atoms with Gasteiger partial charge in [0.15, 0.2) is 5.78 Å². The van der Waals surface area contributed by atoms with E-state index in [1.807, 2.05) is 38.1 Å². The Kier molecular flexibility index (Phi) is 4.53. The van der Waals surface area contributed by atoms with Crippen LogP contribution >= 0.6 is 0 Å². The minimum Gasteiger partial charge on any atom is -0.548 e. The lowest BCUT2D eigenvalue weighted by Gasteiger charge is -2.27. The molecule has 7 nitrogen and oxygen atoms in total. The Hall–Kier alpha value is -3.48. The second kappa shape index (κ2) is 6.68. The minimum absolute atomic E-state index is 0.164. The van der Waals surface area contributed by atoms with Crippen LogP contribution in [0.25, 0.3) is 0 Å². The van der Waals surface area contributed by atoms with Crippen molar-refractivity contribution >= 4 is 17.4 Å². The number of hydrogen-bond acceptors (Lipinski definition) is 6. The van der Waals surface area contributed by atoms with Crippen molar-refractivity contribution in [3.63, 3.8) is 0 Å². The predicted molar refractivity (Wildman–Crippen MR) is 97.2 cm³/mol. The standard InChI is InChI=1S/C20H18N2O5/c1-20(2)15-5-3-4-6-16(15)21(12-19(24)25)18(20)10-7-13-11-14(22(26)27)8-9-17(13)23/h3-11H,12H2,1-2H3,(H,24,25)/p-1/b13-7-,18-10+. The normalized spacial score (nSPS) is 20.7. The molecule has 1 heterocycles. The molecule has 0 aromatic heterocycles. The zero-order valence-electron chi connectivity index (χ0n) is 14.8. The van der Waals surface area contributed by atoms with E-state index in [9.17, 15) is 24.8 Å². The van der Waals surface area contributed by atoms with E-state index in [1.165, 1.54) is 12.2 Å². The zero-order valence-corrected chi connectivity index (χ0v) is 14.8. The van der Waals surface area contributed by atoms with Gasteiger partial charge in [-0.05, 0) is 29.9 Å². The van der Waals surface area contributed by atoms with Gasteiger partial charge in [-0.1, -0.05) is 32.0 Å². The van der Waals surface area contributed by atoms with Crippen molar-refractivity contribution in [2.45, 2.75) is 19.3 Å². The van der Waals surface area contributed by atoms with Gasteiger partial charge in [-0.15, -0.1) is 0 Å². The van der Waals surface area contributed by atoms with Crippen LogP contribution in [0.2, 0.25) is 0 Å². The van der Waals surface area contributed by atoms with E-state index in [2.05, 4.69) is 0 Å². The summed E-state index contributed by atoms with van der Waals surface area (Å²) in [5.74, 6) is -1.58. The smallest absolute Gasteiger partial charge is 0.270 e. The monoisotopic (exact) mass is 365 g/mol. The van der Waals surface area contributed by atoms with Crippen molar-refractivity contribution in [3.05, 3.63) is 87.3 Å². The molecule has 27 heavy (non-hydrogen) atoms. The highest BCUT2D eigenvalue weighted by molar-refractivity contribution is 6.07. The van der Waals surface area contributed by atoms with Gasteiger partial charge in [0, 0.05) is 34.5 Å². The molecule has 0 spiro atoms. The Morgan fingerprint density at radius 2 is 1.93 bits per heavy atom. The Bertz CT molecular complexity index is 966. The quantitative estimate of drug-likeness (QED) is 0.456. The van der Waals surface area contributed by atoms with Crippen molar-refractivity contribution in [2.24, 2.45) is 0 Å². The number of carbonyl (C=O) groups excluding carboxylic acids is 2. The number of carboxylic acid groups (broad SMARTS) is 1. The molecule has 0 unspecified atom stereocenters. The van der Waals surface area contributed by atoms with E-state index < -0.39 is 16.3 Å². The number of nitrogens with zero attached hydrogens (tertiary/aromatic N) is 2. The van der Waals surface area contributed by atoms with Gasteiger partial charge in [-0.2, -0.15) is 0 Å². The zero-order chi connectivity index (χ0) is 19.8. The highest BCUT2D eigenvalue weighted by atomic mass is 16.6. The maximum absolute atomic E-state index is 12.0. The van der Waals surface area contributed by atoms with Gasteiger partial charge in [0.2, 0.25) is 0 Å². The SMILES string of the molecule is CC1(C)/C(=C\C=C2\C=C([N+](=O)[O-])C=CC2=O)N(CC(=O)[O-])c2ccccc21. The molecule has 0 radical (unpaired) electrons. The van der Waals surface area contributed by atoms with Crippen LogP contribution in [0.1, 0.15) is 19.4 Å². The van der Waals surface area contributed by atoms with E-state index >= 15 is 0 Å². The van der Waals surface area contributed by atoms with E-state index in [0.717, 1.165) is 23.4 Å². The van der Waals surface area contributed by atoms with E-state index in [4.69, 9.17) is 0 Å². The molecular weight excluding hydrogens is 348 g/mol. The molecule has 0 amide bonds. The molecule has 1 aliphatic carbocycles. The third-order valence-electron chi connectivity index (χ3n) is 4.71. The highest BCUT2D eigenvalue weighted by Gasteiger charge is 2.39. The van der Waals surface area contributed by atoms with Crippen LogP contribution in [-0.4, -0.2) is 23.2 Å². The first-order valence-electron chi connectivity index (χ1n) is 8.29. The van der Waals surface area contributed by atoms with Gasteiger partial charge < -0.3 is 14.8 Å². The molecule has 7 heteroatoms. The van der Waals surface area contributed by atoms with Crippen molar-refractivity contribution in [3.8, 4) is 0 Å². The third-order valence-corrected chi connectivity index (χ3v) is 4.71. The molecule has 2 aliphatic rings. The number of benzene rings is 1. The number of para-hydroxylation sites is 1. The average molecular weight is 365 g/mol. The van der Waals surface area contributed by atoms with Crippen LogP contribution in [0.4, 0.5) is 5.69 Å². The van der Waals surface area contributed by atoms with Crippen LogP contribution in [0.3, 0.4) is 0 Å². The van der Waals surface area contributed by atoms with Crippen LogP contribution < -0.4 is 10.0 Å². The summed E-state index contributed by atoms with van der Waals surface area (Å²) in [6, 6.07) is 7.44. The molecule has 0 saturated carbocycles. The van der Waals surface area contributed by atoms with Gasteiger partial charge in [0.1, 0.15) is 0 Å². The second-order valence-corrected chi connectivity index (χ2v) is 6.80. The number of rotatable bonds is 4. The van der Waals surface area contributed by atoms with E-state index in [-0.39, 0.29) is 23.6 Å². The maximum atomic E-state index is 12.0.